The van der Waals surface area contributed by atoms with Crippen molar-refractivity contribution in [3.8, 4) is 5.75 Å². The minimum atomic E-state index is -1.16. The number of anilines is 1. The lowest BCUT2D eigenvalue weighted by Gasteiger charge is -2.27. The number of imidazole rings is 1. The molecule has 0 saturated heterocycles. The van der Waals surface area contributed by atoms with Crippen LogP contribution in [0, 0.1) is 5.82 Å². The second-order valence-electron chi connectivity index (χ2n) is 10.2. The second-order valence-corrected chi connectivity index (χ2v) is 10.2. The summed E-state index contributed by atoms with van der Waals surface area (Å²) in [6, 6.07) is 11.8. The van der Waals surface area contributed by atoms with Crippen molar-refractivity contribution in [2.45, 2.75) is 39.8 Å². The molecule has 0 atom stereocenters. The first-order valence-electron chi connectivity index (χ1n) is 14.4. The van der Waals surface area contributed by atoms with E-state index in [0.29, 0.717) is 49.4 Å². The van der Waals surface area contributed by atoms with Gasteiger partial charge in [-0.05, 0) is 43.3 Å². The Hall–Kier alpha value is -4.29. The quantitative estimate of drug-likeness (QED) is 0.199. The van der Waals surface area contributed by atoms with Crippen molar-refractivity contribution in [2.75, 3.05) is 52.2 Å². The number of hydrogen-bond donors (Lipinski definition) is 2. The van der Waals surface area contributed by atoms with Gasteiger partial charge in [0, 0.05) is 44.6 Å². The zero-order valence-electron chi connectivity index (χ0n) is 24.9. The van der Waals surface area contributed by atoms with Gasteiger partial charge in [-0.1, -0.05) is 32.0 Å². The van der Waals surface area contributed by atoms with Gasteiger partial charge in [-0.2, -0.15) is 0 Å². The van der Waals surface area contributed by atoms with Crippen LogP contribution in [0.5, 0.6) is 5.75 Å². The molecular formula is C31H39FN6O5. The van der Waals surface area contributed by atoms with Crippen molar-refractivity contribution < 1.29 is 28.6 Å². The van der Waals surface area contributed by atoms with E-state index in [9.17, 15) is 14.0 Å². The minimum Gasteiger partial charge on any atom is -0.482 e. The molecule has 0 fully saturated rings. The maximum absolute atomic E-state index is 14.4. The molecule has 0 aliphatic heterocycles. The smallest absolute Gasteiger partial charge is 0.341 e. The molecule has 4 aromatic rings. The van der Waals surface area contributed by atoms with Gasteiger partial charge in [-0.3, -0.25) is 9.69 Å². The van der Waals surface area contributed by atoms with E-state index in [1.165, 1.54) is 6.07 Å². The third-order valence-electron chi connectivity index (χ3n) is 7.30. The van der Waals surface area contributed by atoms with E-state index in [1.807, 2.05) is 43.0 Å². The third-order valence-corrected chi connectivity index (χ3v) is 7.30. The van der Waals surface area contributed by atoms with Gasteiger partial charge < -0.3 is 29.8 Å². The number of ether oxygens (including phenoxy) is 2. The van der Waals surface area contributed by atoms with E-state index in [-0.39, 0.29) is 24.7 Å². The molecule has 0 radical (unpaired) electrons. The van der Waals surface area contributed by atoms with Gasteiger partial charge in [0.05, 0.1) is 24.2 Å². The average molecular weight is 595 g/mol. The van der Waals surface area contributed by atoms with Crippen molar-refractivity contribution >= 4 is 39.6 Å². The third kappa shape index (κ3) is 7.96. The predicted molar refractivity (Wildman–Crippen MR) is 162 cm³/mol. The lowest BCUT2D eigenvalue weighted by molar-refractivity contribution is -0.139. The Morgan fingerprint density at radius 3 is 2.60 bits per heavy atom. The molecule has 11 nitrogen and oxygen atoms in total. The van der Waals surface area contributed by atoms with E-state index < -0.39 is 18.4 Å². The number of carboxylic acid groups (broad SMARTS) is 1. The number of benzene rings is 2. The monoisotopic (exact) mass is 594 g/mol. The zero-order chi connectivity index (χ0) is 30.9. The summed E-state index contributed by atoms with van der Waals surface area (Å²) in [4.78, 5) is 37.5. The number of pyridine rings is 1. The first-order chi connectivity index (χ1) is 20.7. The number of aryl methyl sites for hydroxylation is 1. The molecule has 3 N–H and O–H groups in total. The molecule has 0 aliphatic rings. The highest BCUT2D eigenvalue weighted by Crippen LogP contribution is 2.29. The summed E-state index contributed by atoms with van der Waals surface area (Å²) in [6.07, 6.45) is 1.16. The van der Waals surface area contributed by atoms with Crippen LogP contribution in [0.4, 0.5) is 10.2 Å². The van der Waals surface area contributed by atoms with Crippen molar-refractivity contribution in [1.29, 1.82) is 0 Å². The Bertz CT molecular complexity index is 1570. The van der Waals surface area contributed by atoms with E-state index in [2.05, 4.69) is 9.55 Å². The van der Waals surface area contributed by atoms with Crippen LogP contribution < -0.4 is 10.5 Å². The molecule has 0 aliphatic carbocycles. The number of hydrogen-bond acceptors (Lipinski definition) is 8. The fraction of sp³-hybridized carbons (Fsp3) is 0.419. The molecule has 0 bridgehead atoms. The number of rotatable bonds is 16. The Morgan fingerprint density at radius 2 is 1.88 bits per heavy atom. The fourth-order valence-corrected chi connectivity index (χ4v) is 5.14. The zero-order valence-corrected chi connectivity index (χ0v) is 24.9. The second kappa shape index (κ2) is 14.7. The van der Waals surface area contributed by atoms with Gasteiger partial charge in [0.2, 0.25) is 5.91 Å². The Labute approximate surface area is 250 Å². The molecular weight excluding hydrogens is 555 g/mol. The number of para-hydroxylation sites is 1. The van der Waals surface area contributed by atoms with Crippen LogP contribution in [0.25, 0.3) is 21.9 Å². The molecule has 0 unspecified atom stereocenters. The maximum Gasteiger partial charge on any atom is 0.341 e. The van der Waals surface area contributed by atoms with Gasteiger partial charge in [0.1, 0.15) is 22.9 Å². The van der Waals surface area contributed by atoms with Crippen LogP contribution in [0.2, 0.25) is 0 Å². The number of aromatic nitrogens is 3. The number of carbonyl (C=O) groups excluding carboxylic acids is 1. The standard InChI is InChI=1S/C31H39FN6O5/c1-4-36(5-2)19-27(39)37(18-21-15-22(32)17-23(16-21)43-20-28(40)41)12-8-13-38-26(11-14-42-3)35-29-30(38)24-9-6-7-10-25(24)34-31(29)33/h6-7,9-10,15-17H,4-5,8,11-14,18-20H2,1-3H3,(H2,33,34)(H,40,41). The number of fused-ring (bicyclic) bond motifs is 3. The van der Waals surface area contributed by atoms with Gasteiger partial charge >= 0.3 is 5.97 Å². The Morgan fingerprint density at radius 1 is 1.12 bits per heavy atom. The van der Waals surface area contributed by atoms with E-state index in [1.54, 1.807) is 18.1 Å². The normalized spacial score (nSPS) is 11.5. The summed E-state index contributed by atoms with van der Waals surface area (Å²) >= 11 is 0. The van der Waals surface area contributed by atoms with Crippen molar-refractivity contribution in [3.05, 3.63) is 59.7 Å². The number of carbonyl (C=O) groups is 2. The number of aliphatic carboxylic acids is 1. The minimum absolute atomic E-state index is 0.0880. The van der Waals surface area contributed by atoms with Crippen LogP contribution in [0.3, 0.4) is 0 Å². The molecule has 1 amide bonds. The van der Waals surface area contributed by atoms with E-state index in [4.69, 9.17) is 25.3 Å². The SMILES string of the molecule is CCN(CC)CC(=O)N(CCCn1c(CCOC)nc2c(N)nc3ccccc3c21)Cc1cc(F)cc(OCC(=O)O)c1. The van der Waals surface area contributed by atoms with Crippen LogP contribution in [0.15, 0.2) is 42.5 Å². The summed E-state index contributed by atoms with van der Waals surface area (Å²) in [5.41, 5.74) is 9.12. The summed E-state index contributed by atoms with van der Waals surface area (Å²) in [5.74, 6) is -0.555. The highest BCUT2D eigenvalue weighted by Gasteiger charge is 2.20. The number of carboxylic acids is 1. The molecule has 12 heteroatoms. The summed E-state index contributed by atoms with van der Waals surface area (Å²) in [7, 11) is 1.64. The molecule has 43 heavy (non-hydrogen) atoms. The molecule has 0 saturated carbocycles. The van der Waals surface area contributed by atoms with Crippen LogP contribution in [-0.2, 0) is 33.8 Å². The number of methoxy groups -OCH3 is 1. The topological polar surface area (TPSA) is 136 Å². The molecule has 4 rings (SSSR count). The van der Waals surface area contributed by atoms with Gasteiger partial charge in [-0.15, -0.1) is 0 Å². The largest absolute Gasteiger partial charge is 0.482 e. The van der Waals surface area contributed by atoms with E-state index in [0.717, 1.165) is 41.4 Å². The van der Waals surface area contributed by atoms with Crippen LogP contribution in [-0.4, -0.2) is 87.8 Å². The first-order valence-corrected chi connectivity index (χ1v) is 14.4. The maximum atomic E-state index is 14.4. The average Bonchev–Trinajstić information content (AvgIpc) is 3.36. The summed E-state index contributed by atoms with van der Waals surface area (Å²) in [5, 5.41) is 9.88. The van der Waals surface area contributed by atoms with Crippen LogP contribution >= 0.6 is 0 Å². The van der Waals surface area contributed by atoms with Crippen molar-refractivity contribution in [2.24, 2.45) is 0 Å². The lowest BCUT2D eigenvalue weighted by atomic mass is 10.1. The van der Waals surface area contributed by atoms with Gasteiger partial charge in [0.15, 0.2) is 12.4 Å². The highest BCUT2D eigenvalue weighted by atomic mass is 19.1. The van der Waals surface area contributed by atoms with E-state index >= 15 is 0 Å². The van der Waals surface area contributed by atoms with Gasteiger partial charge in [0.25, 0.3) is 0 Å². The number of nitrogen functional groups attached to an aromatic ring is 1. The Kier molecular flexibility index (Phi) is 10.8. The number of halogens is 1. The lowest BCUT2D eigenvalue weighted by Crippen LogP contribution is -2.40. The Balaban J connectivity index is 1.62. The highest BCUT2D eigenvalue weighted by molar-refractivity contribution is 6.06. The molecule has 230 valence electrons. The molecule has 2 heterocycles. The van der Waals surface area contributed by atoms with Crippen molar-refractivity contribution in [1.82, 2.24) is 24.3 Å². The molecule has 2 aromatic heterocycles. The summed E-state index contributed by atoms with van der Waals surface area (Å²) in [6.45, 7) is 6.63. The summed E-state index contributed by atoms with van der Waals surface area (Å²) < 4.78 is 27.1. The fourth-order valence-electron chi connectivity index (χ4n) is 5.14. The van der Waals surface area contributed by atoms with Gasteiger partial charge in [-0.25, -0.2) is 19.2 Å². The van der Waals surface area contributed by atoms with Crippen LogP contribution in [0.1, 0.15) is 31.7 Å². The predicted octanol–water partition coefficient (Wildman–Crippen LogP) is 3.72. The number of nitrogens with zero attached hydrogens (tertiary/aromatic N) is 5. The molecule has 0 spiro atoms. The first kappa shape index (κ1) is 31.6. The van der Waals surface area contributed by atoms with Crippen molar-refractivity contribution in [3.63, 3.8) is 0 Å². The molecule has 2 aromatic carbocycles. The number of likely N-dealkylation sites (N-methyl/N-ethyl adjacent to an activating group) is 1. The number of amides is 1. The number of nitrogens with two attached hydrogens (primary N) is 1.